The monoisotopic (exact) mass is 474 g/mol. The van der Waals surface area contributed by atoms with Crippen LogP contribution in [0.25, 0.3) is 0 Å². The first-order chi connectivity index (χ1) is 12.1. The summed E-state index contributed by atoms with van der Waals surface area (Å²) in [7, 11) is 6.13. The summed E-state index contributed by atoms with van der Waals surface area (Å²) in [6, 6.07) is 11.1. The Labute approximate surface area is 178 Å². The van der Waals surface area contributed by atoms with Crippen LogP contribution in [0.5, 0.6) is 0 Å². The van der Waals surface area contributed by atoms with Gasteiger partial charge in [0.2, 0.25) is 0 Å². The van der Waals surface area contributed by atoms with Crippen molar-refractivity contribution in [1.82, 2.24) is 15.5 Å². The van der Waals surface area contributed by atoms with E-state index in [0.717, 1.165) is 25.3 Å². The third-order valence-corrected chi connectivity index (χ3v) is 4.39. The van der Waals surface area contributed by atoms with E-state index in [0.29, 0.717) is 6.04 Å². The zero-order valence-electron chi connectivity index (χ0n) is 17.1. The average Bonchev–Trinajstić information content (AvgIpc) is 2.61. The maximum absolute atomic E-state index is 4.34. The summed E-state index contributed by atoms with van der Waals surface area (Å²) in [4.78, 5) is 6.60. The molecule has 1 aromatic rings. The molecule has 0 amide bonds. The molecule has 0 aliphatic carbocycles. The molecule has 1 unspecified atom stereocenters. The van der Waals surface area contributed by atoms with Crippen molar-refractivity contribution in [3.8, 4) is 0 Å². The molecule has 5 heteroatoms. The van der Waals surface area contributed by atoms with E-state index in [1.54, 1.807) is 0 Å². The van der Waals surface area contributed by atoms with Crippen LogP contribution in [0.2, 0.25) is 0 Å². The smallest absolute Gasteiger partial charge is 0.191 e. The topological polar surface area (TPSA) is 39.7 Å². The molecule has 2 N–H and O–H groups in total. The van der Waals surface area contributed by atoms with E-state index < -0.39 is 0 Å². The maximum atomic E-state index is 4.34. The van der Waals surface area contributed by atoms with Gasteiger partial charge in [-0.1, -0.05) is 49.6 Å². The number of nitrogens with one attached hydrogen (secondary N) is 2. The fourth-order valence-corrected chi connectivity index (χ4v) is 2.82. The normalized spacial score (nSPS) is 12.6. The van der Waals surface area contributed by atoms with Crippen molar-refractivity contribution in [2.45, 2.75) is 57.9 Å². The highest BCUT2D eigenvalue weighted by molar-refractivity contribution is 14.0. The van der Waals surface area contributed by atoms with Crippen LogP contribution < -0.4 is 10.6 Å². The molecule has 4 nitrogen and oxygen atoms in total. The number of aryl methyl sites for hydroxylation is 1. The summed E-state index contributed by atoms with van der Waals surface area (Å²) in [5.74, 6) is 0.924. The van der Waals surface area contributed by atoms with Crippen LogP contribution >= 0.6 is 24.0 Å². The maximum Gasteiger partial charge on any atom is 0.191 e. The summed E-state index contributed by atoms with van der Waals surface area (Å²) in [6.07, 6.45) is 8.68. The quantitative estimate of drug-likeness (QED) is 0.205. The number of rotatable bonds is 12. The summed E-state index contributed by atoms with van der Waals surface area (Å²) in [5.41, 5.74) is 1.40. The molecular formula is C21H39IN4. The molecule has 0 heterocycles. The van der Waals surface area contributed by atoms with Gasteiger partial charge < -0.3 is 15.5 Å². The molecule has 150 valence electrons. The highest BCUT2D eigenvalue weighted by atomic mass is 127. The van der Waals surface area contributed by atoms with Crippen molar-refractivity contribution in [3.05, 3.63) is 35.9 Å². The molecule has 0 aliphatic heterocycles. The van der Waals surface area contributed by atoms with Gasteiger partial charge >= 0.3 is 0 Å². The third-order valence-electron chi connectivity index (χ3n) is 4.39. The van der Waals surface area contributed by atoms with Gasteiger partial charge in [0.05, 0.1) is 0 Å². The lowest BCUT2D eigenvalue weighted by atomic mass is 10.1. The summed E-state index contributed by atoms with van der Waals surface area (Å²) >= 11 is 0. The number of nitrogens with zero attached hydrogens (tertiary/aromatic N) is 2. The largest absolute Gasteiger partial charge is 0.356 e. The molecule has 0 saturated heterocycles. The SMILES string of the molecule is CN=C(NCCCCCCCN(C)C)NC(C)CCc1ccccc1.I. The number of halogens is 1. The minimum Gasteiger partial charge on any atom is -0.356 e. The second-order valence-electron chi connectivity index (χ2n) is 7.14. The number of benzene rings is 1. The van der Waals surface area contributed by atoms with E-state index in [9.17, 15) is 0 Å². The van der Waals surface area contributed by atoms with Gasteiger partial charge in [0.25, 0.3) is 0 Å². The van der Waals surface area contributed by atoms with Gasteiger partial charge in [-0.15, -0.1) is 24.0 Å². The van der Waals surface area contributed by atoms with Gasteiger partial charge in [0.15, 0.2) is 5.96 Å². The first kappa shape index (κ1) is 25.2. The van der Waals surface area contributed by atoms with Crippen molar-refractivity contribution in [2.24, 2.45) is 4.99 Å². The number of hydrogen-bond donors (Lipinski definition) is 2. The third kappa shape index (κ3) is 13.4. The second kappa shape index (κ2) is 16.4. The molecule has 0 bridgehead atoms. The first-order valence-corrected chi connectivity index (χ1v) is 9.77. The lowest BCUT2D eigenvalue weighted by Gasteiger charge is -2.18. The predicted octanol–water partition coefficient (Wildman–Crippen LogP) is 4.30. The fraction of sp³-hybridized carbons (Fsp3) is 0.667. The molecule has 0 fully saturated rings. The molecule has 1 rings (SSSR count). The Morgan fingerprint density at radius 3 is 2.35 bits per heavy atom. The summed E-state index contributed by atoms with van der Waals surface area (Å²) in [5, 5.41) is 6.93. The Kier molecular flexibility index (Phi) is 15.8. The van der Waals surface area contributed by atoms with Gasteiger partial charge in [0.1, 0.15) is 0 Å². The van der Waals surface area contributed by atoms with E-state index in [-0.39, 0.29) is 24.0 Å². The molecule has 0 aromatic heterocycles. The van der Waals surface area contributed by atoms with Gasteiger partial charge in [-0.3, -0.25) is 4.99 Å². The zero-order chi connectivity index (χ0) is 18.3. The van der Waals surface area contributed by atoms with Gasteiger partial charge in [-0.25, -0.2) is 0 Å². The average molecular weight is 474 g/mol. The minimum absolute atomic E-state index is 0. The highest BCUT2D eigenvalue weighted by Gasteiger charge is 2.05. The number of hydrogen-bond acceptors (Lipinski definition) is 2. The molecule has 0 saturated carbocycles. The lowest BCUT2D eigenvalue weighted by Crippen LogP contribution is -2.42. The van der Waals surface area contributed by atoms with Gasteiger partial charge in [-0.2, -0.15) is 0 Å². The number of unbranched alkanes of at least 4 members (excludes halogenated alkanes) is 4. The summed E-state index contributed by atoms with van der Waals surface area (Å²) in [6.45, 7) is 4.43. The van der Waals surface area contributed by atoms with E-state index in [1.807, 2.05) is 7.05 Å². The second-order valence-corrected chi connectivity index (χ2v) is 7.14. The number of guanidine groups is 1. The van der Waals surface area contributed by atoms with Crippen molar-refractivity contribution in [1.29, 1.82) is 0 Å². The van der Waals surface area contributed by atoms with Crippen LogP contribution in [0, 0.1) is 0 Å². The Balaban J connectivity index is 0.00000625. The minimum atomic E-state index is 0. The van der Waals surface area contributed by atoms with E-state index in [4.69, 9.17) is 0 Å². The van der Waals surface area contributed by atoms with Crippen LogP contribution in [0.4, 0.5) is 0 Å². The molecule has 26 heavy (non-hydrogen) atoms. The highest BCUT2D eigenvalue weighted by Crippen LogP contribution is 2.05. The Hall–Kier alpha value is -0.820. The van der Waals surface area contributed by atoms with Crippen LogP contribution in [-0.2, 0) is 6.42 Å². The van der Waals surface area contributed by atoms with Crippen LogP contribution in [0.15, 0.2) is 35.3 Å². The Bertz CT molecular complexity index is 462. The molecule has 0 radical (unpaired) electrons. The predicted molar refractivity (Wildman–Crippen MR) is 126 cm³/mol. The number of aliphatic imine (C=N–C) groups is 1. The Morgan fingerprint density at radius 2 is 1.69 bits per heavy atom. The first-order valence-electron chi connectivity index (χ1n) is 9.77. The van der Waals surface area contributed by atoms with E-state index in [2.05, 4.69) is 71.9 Å². The van der Waals surface area contributed by atoms with Crippen molar-refractivity contribution < 1.29 is 0 Å². The van der Waals surface area contributed by atoms with Crippen LogP contribution in [0.3, 0.4) is 0 Å². The van der Waals surface area contributed by atoms with E-state index in [1.165, 1.54) is 44.2 Å². The standard InChI is InChI=1S/C21H38N4.HI/c1-19(15-16-20-13-9-8-10-14-20)24-21(22-2)23-17-11-6-5-7-12-18-25(3)4;/h8-10,13-14,19H,5-7,11-12,15-18H2,1-4H3,(H2,22,23,24);1H. The fourth-order valence-electron chi connectivity index (χ4n) is 2.82. The van der Waals surface area contributed by atoms with Crippen LogP contribution in [-0.4, -0.2) is 51.1 Å². The molecule has 0 spiro atoms. The Morgan fingerprint density at radius 1 is 1.04 bits per heavy atom. The van der Waals surface area contributed by atoms with Gasteiger partial charge in [-0.05, 0) is 58.8 Å². The van der Waals surface area contributed by atoms with E-state index >= 15 is 0 Å². The van der Waals surface area contributed by atoms with Crippen LogP contribution in [0.1, 0.15) is 51.0 Å². The van der Waals surface area contributed by atoms with Gasteiger partial charge in [0, 0.05) is 19.6 Å². The van der Waals surface area contributed by atoms with Crippen molar-refractivity contribution in [2.75, 3.05) is 34.2 Å². The summed E-state index contributed by atoms with van der Waals surface area (Å²) < 4.78 is 0. The van der Waals surface area contributed by atoms with Crippen molar-refractivity contribution in [3.63, 3.8) is 0 Å². The van der Waals surface area contributed by atoms with Crippen molar-refractivity contribution >= 4 is 29.9 Å². The molecular weight excluding hydrogens is 435 g/mol. The lowest BCUT2D eigenvalue weighted by molar-refractivity contribution is 0.389. The molecule has 1 aromatic carbocycles. The molecule has 0 aliphatic rings. The molecule has 1 atom stereocenters. The zero-order valence-corrected chi connectivity index (χ0v) is 19.5.